The molecule has 0 radical (unpaired) electrons. The van der Waals surface area contributed by atoms with Gasteiger partial charge in [0.15, 0.2) is 6.61 Å². The summed E-state index contributed by atoms with van der Waals surface area (Å²) in [5.41, 5.74) is 0.860. The molecule has 0 saturated carbocycles. The van der Waals surface area contributed by atoms with E-state index in [1.54, 1.807) is 6.07 Å². The third kappa shape index (κ3) is 3.39. The molecule has 0 bridgehead atoms. The molecule has 0 fully saturated rings. The molecule has 0 atom stereocenters. The highest BCUT2D eigenvalue weighted by Crippen LogP contribution is 2.31. The maximum atomic E-state index is 10.9. The fraction of sp³-hybridized carbons (Fsp3) is 0.300. The zero-order chi connectivity index (χ0) is 11.4. The van der Waals surface area contributed by atoms with Crippen molar-refractivity contribution in [2.75, 3.05) is 13.7 Å². The van der Waals surface area contributed by atoms with E-state index in [0.29, 0.717) is 10.8 Å². The molecule has 1 aromatic rings. The average Bonchev–Trinajstić information content (AvgIpc) is 2.15. The predicted molar refractivity (Wildman–Crippen MR) is 61.4 cm³/mol. The van der Waals surface area contributed by atoms with Crippen LogP contribution in [-0.2, 0) is 9.53 Å². The van der Waals surface area contributed by atoms with Crippen LogP contribution in [0.1, 0.15) is 5.56 Å². The first-order valence-electron chi connectivity index (χ1n) is 4.20. The molecule has 0 N–H and O–H groups in total. The van der Waals surface area contributed by atoms with Gasteiger partial charge >= 0.3 is 5.97 Å². The number of ether oxygens (including phenoxy) is 2. The lowest BCUT2D eigenvalue weighted by molar-refractivity contribution is -0.142. The first-order valence-corrected chi connectivity index (χ1v) is 5.37. The van der Waals surface area contributed by atoms with Crippen LogP contribution in [0.15, 0.2) is 16.6 Å². The third-order valence-electron chi connectivity index (χ3n) is 1.76. The lowest BCUT2D eigenvalue weighted by Crippen LogP contribution is -2.13. The van der Waals surface area contributed by atoms with E-state index in [-0.39, 0.29) is 6.61 Å². The molecule has 0 spiro atoms. The standard InChI is InChI=1S/C10H10BrClO3/c1-6-3-7(11)4-8(12)10(6)15-5-9(13)14-2/h3-4H,5H2,1-2H3. The van der Waals surface area contributed by atoms with Gasteiger partial charge < -0.3 is 9.47 Å². The van der Waals surface area contributed by atoms with Gasteiger partial charge in [-0.2, -0.15) is 0 Å². The SMILES string of the molecule is COC(=O)COc1c(C)cc(Br)cc1Cl. The summed E-state index contributed by atoms with van der Waals surface area (Å²) in [6, 6.07) is 3.57. The fourth-order valence-corrected chi connectivity index (χ4v) is 2.09. The van der Waals surface area contributed by atoms with Crippen molar-refractivity contribution >= 4 is 33.5 Å². The molecule has 0 aliphatic rings. The number of methoxy groups -OCH3 is 1. The van der Waals surface area contributed by atoms with Crippen molar-refractivity contribution in [3.63, 3.8) is 0 Å². The van der Waals surface area contributed by atoms with E-state index in [2.05, 4.69) is 20.7 Å². The van der Waals surface area contributed by atoms with Crippen molar-refractivity contribution in [1.82, 2.24) is 0 Å². The lowest BCUT2D eigenvalue weighted by atomic mass is 10.2. The second-order valence-electron chi connectivity index (χ2n) is 2.90. The van der Waals surface area contributed by atoms with Crippen LogP contribution < -0.4 is 4.74 Å². The zero-order valence-corrected chi connectivity index (χ0v) is 10.7. The van der Waals surface area contributed by atoms with E-state index < -0.39 is 5.97 Å². The van der Waals surface area contributed by atoms with Gasteiger partial charge in [-0.3, -0.25) is 0 Å². The minimum absolute atomic E-state index is 0.140. The summed E-state index contributed by atoms with van der Waals surface area (Å²) in [4.78, 5) is 10.9. The molecule has 1 rings (SSSR count). The number of carbonyl (C=O) groups excluding carboxylic acids is 1. The van der Waals surface area contributed by atoms with Crippen LogP contribution in [-0.4, -0.2) is 19.7 Å². The molecule has 0 saturated heterocycles. The highest BCUT2D eigenvalue weighted by Gasteiger charge is 2.09. The van der Waals surface area contributed by atoms with E-state index >= 15 is 0 Å². The van der Waals surface area contributed by atoms with Crippen molar-refractivity contribution in [3.05, 3.63) is 27.2 Å². The zero-order valence-electron chi connectivity index (χ0n) is 8.34. The molecule has 1 aromatic carbocycles. The summed E-state index contributed by atoms with van der Waals surface area (Å²) in [7, 11) is 1.31. The van der Waals surface area contributed by atoms with Gasteiger partial charge in [0.25, 0.3) is 0 Å². The number of rotatable bonds is 3. The first kappa shape index (κ1) is 12.3. The molecule has 0 aromatic heterocycles. The molecular weight excluding hydrogens is 283 g/mol. The molecule has 0 heterocycles. The van der Waals surface area contributed by atoms with Crippen molar-refractivity contribution in [3.8, 4) is 5.75 Å². The minimum Gasteiger partial charge on any atom is -0.480 e. The summed E-state index contributed by atoms with van der Waals surface area (Å²) in [5, 5.41) is 0.464. The Morgan fingerprint density at radius 2 is 2.20 bits per heavy atom. The van der Waals surface area contributed by atoms with E-state index in [1.807, 2.05) is 13.0 Å². The Labute approximate surface area is 101 Å². The van der Waals surface area contributed by atoms with Crippen LogP contribution in [0.2, 0.25) is 5.02 Å². The second kappa shape index (κ2) is 5.37. The highest BCUT2D eigenvalue weighted by molar-refractivity contribution is 9.10. The molecule has 0 aliphatic carbocycles. The largest absolute Gasteiger partial charge is 0.480 e. The fourth-order valence-electron chi connectivity index (χ4n) is 1.06. The summed E-state index contributed by atoms with van der Waals surface area (Å²) in [5.74, 6) is 0.0682. The van der Waals surface area contributed by atoms with Crippen molar-refractivity contribution in [2.45, 2.75) is 6.92 Å². The second-order valence-corrected chi connectivity index (χ2v) is 4.22. The summed E-state index contributed by atoms with van der Waals surface area (Å²) < 4.78 is 10.6. The van der Waals surface area contributed by atoms with Gasteiger partial charge in [0.2, 0.25) is 0 Å². The van der Waals surface area contributed by atoms with Crippen LogP contribution in [0.3, 0.4) is 0 Å². The molecule has 0 unspecified atom stereocenters. The number of hydrogen-bond acceptors (Lipinski definition) is 3. The predicted octanol–water partition coefficient (Wildman–Crippen LogP) is 2.96. The Morgan fingerprint density at radius 1 is 1.53 bits per heavy atom. The smallest absolute Gasteiger partial charge is 0.343 e. The summed E-state index contributed by atoms with van der Waals surface area (Å²) >= 11 is 9.26. The maximum absolute atomic E-state index is 10.9. The van der Waals surface area contributed by atoms with Gasteiger partial charge in [0.1, 0.15) is 5.75 Å². The Morgan fingerprint density at radius 3 is 2.73 bits per heavy atom. The van der Waals surface area contributed by atoms with Gasteiger partial charge in [0.05, 0.1) is 12.1 Å². The van der Waals surface area contributed by atoms with Crippen molar-refractivity contribution in [2.24, 2.45) is 0 Å². The van der Waals surface area contributed by atoms with E-state index in [0.717, 1.165) is 10.0 Å². The number of carbonyl (C=O) groups is 1. The third-order valence-corrected chi connectivity index (χ3v) is 2.49. The number of benzene rings is 1. The van der Waals surface area contributed by atoms with Gasteiger partial charge in [-0.25, -0.2) is 4.79 Å². The van der Waals surface area contributed by atoms with Gasteiger partial charge in [-0.05, 0) is 24.6 Å². The average molecular weight is 294 g/mol. The summed E-state index contributed by atoms with van der Waals surface area (Å²) in [6.07, 6.45) is 0. The molecule has 15 heavy (non-hydrogen) atoms. The normalized spacial score (nSPS) is 9.87. The molecule has 0 aliphatic heterocycles. The van der Waals surface area contributed by atoms with E-state index in [1.165, 1.54) is 7.11 Å². The molecule has 82 valence electrons. The highest BCUT2D eigenvalue weighted by atomic mass is 79.9. The molecule has 0 amide bonds. The monoisotopic (exact) mass is 292 g/mol. The van der Waals surface area contributed by atoms with Gasteiger partial charge in [-0.1, -0.05) is 27.5 Å². The van der Waals surface area contributed by atoms with E-state index in [4.69, 9.17) is 16.3 Å². The van der Waals surface area contributed by atoms with Gasteiger partial charge in [-0.15, -0.1) is 0 Å². The van der Waals surface area contributed by atoms with Crippen molar-refractivity contribution in [1.29, 1.82) is 0 Å². The van der Waals surface area contributed by atoms with Crippen molar-refractivity contribution < 1.29 is 14.3 Å². The number of halogens is 2. The minimum atomic E-state index is -0.437. The van der Waals surface area contributed by atoms with Crippen LogP contribution in [0, 0.1) is 6.92 Å². The number of hydrogen-bond donors (Lipinski definition) is 0. The maximum Gasteiger partial charge on any atom is 0.343 e. The van der Waals surface area contributed by atoms with Gasteiger partial charge in [0, 0.05) is 4.47 Å². The van der Waals surface area contributed by atoms with Crippen LogP contribution in [0.5, 0.6) is 5.75 Å². The first-order chi connectivity index (χ1) is 7.04. The Balaban J connectivity index is 2.81. The summed E-state index contributed by atoms with van der Waals surface area (Å²) in [6.45, 7) is 1.71. The Kier molecular flexibility index (Phi) is 4.42. The Hall–Kier alpha value is -0.740. The topological polar surface area (TPSA) is 35.5 Å². The quantitative estimate of drug-likeness (QED) is 0.804. The van der Waals surface area contributed by atoms with Crippen LogP contribution in [0.25, 0.3) is 0 Å². The van der Waals surface area contributed by atoms with E-state index in [9.17, 15) is 4.79 Å². The Bertz CT molecular complexity index is 356. The lowest BCUT2D eigenvalue weighted by Gasteiger charge is -2.10. The molecular formula is C10H10BrClO3. The van der Waals surface area contributed by atoms with Crippen LogP contribution in [0.4, 0.5) is 0 Å². The number of aryl methyl sites for hydroxylation is 1. The molecule has 5 heteroatoms. The number of esters is 1. The van der Waals surface area contributed by atoms with Crippen LogP contribution >= 0.6 is 27.5 Å². The molecule has 3 nitrogen and oxygen atoms in total.